The summed E-state index contributed by atoms with van der Waals surface area (Å²) in [5.41, 5.74) is -0.768. The number of carbonyl (C=O) groups is 3. The first-order valence-electron chi connectivity index (χ1n) is 9.34. The number of aromatic amines is 1. The van der Waals surface area contributed by atoms with E-state index in [1.807, 2.05) is 6.92 Å². The van der Waals surface area contributed by atoms with E-state index in [0.29, 0.717) is 12.3 Å². The van der Waals surface area contributed by atoms with Gasteiger partial charge in [-0.15, -0.1) is 0 Å². The normalized spacial score (nSPS) is 14.8. The summed E-state index contributed by atoms with van der Waals surface area (Å²) < 4.78 is 4.19. The minimum absolute atomic E-state index is 0.00426. The van der Waals surface area contributed by atoms with Crippen molar-refractivity contribution < 1.29 is 24.2 Å². The number of H-pyrrole nitrogens is 1. The predicted molar refractivity (Wildman–Crippen MR) is 103 cm³/mol. The van der Waals surface area contributed by atoms with Gasteiger partial charge in [0, 0.05) is 12.2 Å². The largest absolute Gasteiger partial charge is 0.507 e. The van der Waals surface area contributed by atoms with Gasteiger partial charge in [0.2, 0.25) is 6.41 Å². The van der Waals surface area contributed by atoms with Gasteiger partial charge in [-0.25, -0.2) is 0 Å². The standard InChI is InChI=1S/C15H22N2O3.C4H7NO3/c1-10(9-11-5-3-2-4-6-11)17-15(20)13-12(18)7-8-16-14(13)19;1-8-4(7)2-5-3-6/h7-8,10-11H,2-6,9H2,1H3,(H,17,20)(H2,16,18,19);3H,2H2,1H3,(H,5,6)/t10-;/m1./s1. The van der Waals surface area contributed by atoms with Gasteiger partial charge in [0.05, 0.1) is 7.11 Å². The minimum atomic E-state index is -0.563. The van der Waals surface area contributed by atoms with E-state index >= 15 is 0 Å². The van der Waals surface area contributed by atoms with E-state index in [0.717, 1.165) is 6.42 Å². The fourth-order valence-corrected chi connectivity index (χ4v) is 3.16. The van der Waals surface area contributed by atoms with Crippen LogP contribution in [0, 0.1) is 5.92 Å². The molecule has 1 fully saturated rings. The molecule has 1 aromatic rings. The molecule has 0 aromatic carbocycles. The molecule has 0 bridgehead atoms. The molecular formula is C19H29N3O6. The molecule has 2 rings (SSSR count). The van der Waals surface area contributed by atoms with Gasteiger partial charge in [0.15, 0.2) is 0 Å². The number of nitrogens with one attached hydrogen (secondary N) is 3. The lowest BCUT2D eigenvalue weighted by Crippen LogP contribution is -2.37. The first kappa shape index (κ1) is 23.2. The van der Waals surface area contributed by atoms with Crippen molar-refractivity contribution in [2.45, 2.75) is 51.5 Å². The second-order valence-electron chi connectivity index (χ2n) is 6.76. The Morgan fingerprint density at radius 2 is 2.04 bits per heavy atom. The number of rotatable bonds is 7. The third-order valence-corrected chi connectivity index (χ3v) is 4.51. The van der Waals surface area contributed by atoms with Gasteiger partial charge in [-0.2, -0.15) is 0 Å². The zero-order valence-electron chi connectivity index (χ0n) is 16.3. The van der Waals surface area contributed by atoms with Gasteiger partial charge >= 0.3 is 5.97 Å². The van der Waals surface area contributed by atoms with Crippen LogP contribution >= 0.6 is 0 Å². The molecule has 1 heterocycles. The van der Waals surface area contributed by atoms with Crippen molar-refractivity contribution in [3.05, 3.63) is 28.2 Å². The summed E-state index contributed by atoms with van der Waals surface area (Å²) in [6, 6.07) is 1.31. The number of aromatic nitrogens is 1. The molecule has 9 heteroatoms. The van der Waals surface area contributed by atoms with Gasteiger partial charge in [-0.3, -0.25) is 19.2 Å². The molecule has 1 saturated carbocycles. The first-order valence-corrected chi connectivity index (χ1v) is 9.34. The van der Waals surface area contributed by atoms with E-state index in [-0.39, 0.29) is 23.9 Å². The number of aromatic hydroxyl groups is 1. The van der Waals surface area contributed by atoms with Crippen LogP contribution in [0.1, 0.15) is 55.8 Å². The summed E-state index contributed by atoms with van der Waals surface area (Å²) in [5, 5.41) is 14.6. The Kier molecular flexibility index (Phi) is 10.4. The highest BCUT2D eigenvalue weighted by atomic mass is 16.5. The number of amides is 2. The quantitative estimate of drug-likeness (QED) is 0.403. The van der Waals surface area contributed by atoms with Crippen LogP contribution in [0.25, 0.3) is 0 Å². The number of carbonyl (C=O) groups excluding carboxylic acids is 3. The highest BCUT2D eigenvalue weighted by Crippen LogP contribution is 2.27. The van der Waals surface area contributed by atoms with E-state index in [4.69, 9.17) is 0 Å². The number of methoxy groups -OCH3 is 1. The van der Waals surface area contributed by atoms with Gasteiger partial charge in [-0.05, 0) is 25.3 Å². The van der Waals surface area contributed by atoms with Crippen molar-refractivity contribution in [3.63, 3.8) is 0 Å². The van der Waals surface area contributed by atoms with Gasteiger partial charge < -0.3 is 25.5 Å². The SMILES string of the molecule is COC(=O)CNC=O.C[C@H](CC1CCCCC1)NC(=O)c1c(O)cc[nH]c1=O. The van der Waals surface area contributed by atoms with E-state index in [1.54, 1.807) is 0 Å². The molecule has 1 aromatic heterocycles. The van der Waals surface area contributed by atoms with Crippen LogP contribution in [0.3, 0.4) is 0 Å². The molecular weight excluding hydrogens is 366 g/mol. The summed E-state index contributed by atoms with van der Waals surface area (Å²) >= 11 is 0. The van der Waals surface area contributed by atoms with Crippen LogP contribution in [0.5, 0.6) is 5.75 Å². The molecule has 4 N–H and O–H groups in total. The van der Waals surface area contributed by atoms with E-state index < -0.39 is 17.4 Å². The second kappa shape index (κ2) is 12.5. The molecule has 28 heavy (non-hydrogen) atoms. The number of hydrogen-bond acceptors (Lipinski definition) is 6. The van der Waals surface area contributed by atoms with Crippen LogP contribution in [0.15, 0.2) is 17.1 Å². The highest BCUT2D eigenvalue weighted by Gasteiger charge is 2.20. The number of ether oxygens (including phenoxy) is 1. The molecule has 0 unspecified atom stereocenters. The summed E-state index contributed by atoms with van der Waals surface area (Å²) in [6.45, 7) is 1.89. The number of esters is 1. The maximum Gasteiger partial charge on any atom is 0.325 e. The highest BCUT2D eigenvalue weighted by molar-refractivity contribution is 5.96. The Balaban J connectivity index is 0.000000416. The Labute approximate surface area is 163 Å². The Morgan fingerprint density at radius 3 is 2.61 bits per heavy atom. The maximum atomic E-state index is 12.0. The number of pyridine rings is 1. The Hall–Kier alpha value is -2.84. The minimum Gasteiger partial charge on any atom is -0.507 e. The fourth-order valence-electron chi connectivity index (χ4n) is 3.16. The van der Waals surface area contributed by atoms with Crippen molar-refractivity contribution in [1.82, 2.24) is 15.6 Å². The maximum absolute atomic E-state index is 12.0. The van der Waals surface area contributed by atoms with Crippen LogP contribution in [-0.4, -0.2) is 48.1 Å². The summed E-state index contributed by atoms with van der Waals surface area (Å²) in [4.78, 5) is 45.7. The topological polar surface area (TPSA) is 138 Å². The molecule has 1 aliphatic rings. The van der Waals surface area contributed by atoms with Crippen molar-refractivity contribution >= 4 is 18.3 Å². The summed E-state index contributed by atoms with van der Waals surface area (Å²) in [6.07, 6.45) is 8.97. The van der Waals surface area contributed by atoms with E-state index in [1.165, 1.54) is 51.5 Å². The average Bonchev–Trinajstić information content (AvgIpc) is 2.67. The molecule has 1 aliphatic carbocycles. The molecule has 0 spiro atoms. The second-order valence-corrected chi connectivity index (χ2v) is 6.76. The third-order valence-electron chi connectivity index (χ3n) is 4.51. The van der Waals surface area contributed by atoms with Crippen LogP contribution < -0.4 is 16.2 Å². The van der Waals surface area contributed by atoms with Crippen molar-refractivity contribution in [2.24, 2.45) is 5.92 Å². The molecule has 9 nitrogen and oxygen atoms in total. The zero-order chi connectivity index (χ0) is 20.9. The lowest BCUT2D eigenvalue weighted by atomic mass is 9.85. The molecule has 1 atom stereocenters. The predicted octanol–water partition coefficient (Wildman–Crippen LogP) is 1.07. The zero-order valence-corrected chi connectivity index (χ0v) is 16.3. The van der Waals surface area contributed by atoms with Crippen molar-refractivity contribution in [3.8, 4) is 5.75 Å². The summed E-state index contributed by atoms with van der Waals surface area (Å²) in [5.74, 6) is -0.581. The lowest BCUT2D eigenvalue weighted by molar-refractivity contribution is -0.140. The molecule has 0 aliphatic heterocycles. The van der Waals surface area contributed by atoms with Crippen LogP contribution in [-0.2, 0) is 14.3 Å². The smallest absolute Gasteiger partial charge is 0.325 e. The lowest BCUT2D eigenvalue weighted by Gasteiger charge is -2.25. The van der Waals surface area contributed by atoms with Crippen LogP contribution in [0.2, 0.25) is 0 Å². The van der Waals surface area contributed by atoms with Gasteiger partial charge in [-0.1, -0.05) is 32.1 Å². The monoisotopic (exact) mass is 395 g/mol. The first-order chi connectivity index (χ1) is 13.4. The van der Waals surface area contributed by atoms with E-state index in [9.17, 15) is 24.3 Å². The molecule has 0 radical (unpaired) electrons. The summed E-state index contributed by atoms with van der Waals surface area (Å²) in [7, 11) is 1.26. The van der Waals surface area contributed by atoms with Gasteiger partial charge in [0.1, 0.15) is 17.9 Å². The van der Waals surface area contributed by atoms with Gasteiger partial charge in [0.25, 0.3) is 11.5 Å². The molecule has 2 amide bonds. The van der Waals surface area contributed by atoms with E-state index in [2.05, 4.69) is 20.4 Å². The molecule has 0 saturated heterocycles. The van der Waals surface area contributed by atoms with Crippen molar-refractivity contribution in [1.29, 1.82) is 0 Å². The number of hydrogen-bond donors (Lipinski definition) is 4. The molecule has 156 valence electrons. The third kappa shape index (κ3) is 8.24. The average molecular weight is 395 g/mol. The Bertz CT molecular complexity index is 697. The fraction of sp³-hybridized carbons (Fsp3) is 0.579. The Morgan fingerprint density at radius 1 is 1.36 bits per heavy atom. The van der Waals surface area contributed by atoms with Crippen LogP contribution in [0.4, 0.5) is 0 Å². The van der Waals surface area contributed by atoms with Crippen molar-refractivity contribution in [2.75, 3.05) is 13.7 Å².